The van der Waals surface area contributed by atoms with Crippen molar-refractivity contribution in [1.82, 2.24) is 4.98 Å². The van der Waals surface area contributed by atoms with Gasteiger partial charge in [-0.2, -0.15) is 5.10 Å². The maximum absolute atomic E-state index is 10.8. The molecule has 0 radical (unpaired) electrons. The number of benzene rings is 1. The zero-order valence-electron chi connectivity index (χ0n) is 12.1. The number of aromatic nitrogens is 1. The number of hydrazone groups is 1. The molecule has 23 heavy (non-hydrogen) atoms. The van der Waals surface area contributed by atoms with Crippen molar-refractivity contribution < 1.29 is 10.0 Å². The second kappa shape index (κ2) is 6.99. The summed E-state index contributed by atoms with van der Waals surface area (Å²) in [6.07, 6.45) is 6.15. The number of aromatic hydroxyl groups is 1. The van der Waals surface area contributed by atoms with E-state index in [1.807, 2.05) is 0 Å². The molecule has 1 heterocycles. The average molecular weight is 310 g/mol. The Morgan fingerprint density at radius 1 is 1.26 bits per heavy atom. The summed E-state index contributed by atoms with van der Waals surface area (Å²) in [6, 6.07) is 5.97. The molecule has 0 atom stereocenters. The molecule has 0 bridgehead atoms. The Balaban J connectivity index is 2.27. The number of phenolic OH excluding ortho intramolecular Hbond substituents is 1. The summed E-state index contributed by atoms with van der Waals surface area (Å²) in [7, 11) is 0. The third-order valence-corrected chi connectivity index (χ3v) is 3.06. The first kappa shape index (κ1) is 15.9. The number of pyridine rings is 1. The first-order valence-electron chi connectivity index (χ1n) is 6.57. The van der Waals surface area contributed by atoms with E-state index in [2.05, 4.69) is 28.7 Å². The van der Waals surface area contributed by atoms with Gasteiger partial charge in [-0.25, -0.2) is 4.98 Å². The molecule has 1 aromatic heterocycles. The van der Waals surface area contributed by atoms with E-state index in [1.54, 1.807) is 24.4 Å². The predicted molar refractivity (Wildman–Crippen MR) is 90.4 cm³/mol. The van der Waals surface area contributed by atoms with Crippen molar-refractivity contribution in [2.45, 2.75) is 0 Å². The lowest BCUT2D eigenvalue weighted by atomic mass is 10.1. The molecule has 0 fully saturated rings. The van der Waals surface area contributed by atoms with Gasteiger partial charge in [0.15, 0.2) is 5.82 Å². The lowest BCUT2D eigenvalue weighted by molar-refractivity contribution is -0.385. The molecule has 7 heteroatoms. The Kier molecular flexibility index (Phi) is 4.83. The highest BCUT2D eigenvalue weighted by Gasteiger charge is 2.15. The highest BCUT2D eigenvalue weighted by atomic mass is 16.6. The van der Waals surface area contributed by atoms with E-state index >= 15 is 0 Å². The van der Waals surface area contributed by atoms with Crippen LogP contribution in [-0.4, -0.2) is 21.2 Å². The zero-order chi connectivity index (χ0) is 16.8. The van der Waals surface area contributed by atoms with Gasteiger partial charge in [0, 0.05) is 23.4 Å². The molecule has 0 aliphatic heterocycles. The largest absolute Gasteiger partial charge is 0.502 e. The van der Waals surface area contributed by atoms with Gasteiger partial charge in [-0.3, -0.25) is 15.5 Å². The van der Waals surface area contributed by atoms with Crippen LogP contribution in [0.15, 0.2) is 48.7 Å². The van der Waals surface area contributed by atoms with Gasteiger partial charge in [0.1, 0.15) is 0 Å². The minimum atomic E-state index is -0.662. The average Bonchev–Trinajstić information content (AvgIpc) is 2.55. The van der Waals surface area contributed by atoms with Crippen molar-refractivity contribution in [2.75, 3.05) is 5.43 Å². The Hall–Kier alpha value is -3.48. The Labute approximate surface area is 132 Å². The van der Waals surface area contributed by atoms with Crippen LogP contribution in [0, 0.1) is 10.1 Å². The number of nitro groups is 1. The predicted octanol–water partition coefficient (Wildman–Crippen LogP) is 3.43. The number of phenols is 1. The van der Waals surface area contributed by atoms with E-state index in [-0.39, 0.29) is 11.3 Å². The van der Waals surface area contributed by atoms with Gasteiger partial charge in [0.05, 0.1) is 11.1 Å². The van der Waals surface area contributed by atoms with Crippen LogP contribution in [0.25, 0.3) is 12.2 Å². The molecule has 0 amide bonds. The molecule has 2 N–H and O–H groups in total. The lowest BCUT2D eigenvalue weighted by Gasteiger charge is -2.07. The number of hydrogen-bond acceptors (Lipinski definition) is 6. The molecule has 1 aromatic carbocycles. The van der Waals surface area contributed by atoms with Crippen LogP contribution < -0.4 is 5.43 Å². The molecule has 7 nitrogen and oxygen atoms in total. The van der Waals surface area contributed by atoms with Crippen LogP contribution in [0.1, 0.15) is 16.7 Å². The first-order chi connectivity index (χ1) is 11.1. The standard InChI is InChI=1S/C16H14N4O3/c1-3-11-8-9-17-16(13(11)4-2)19-18-10-12-6-5-7-14(15(12)21)20(22)23/h3-10,21H,1-2H2,(H,17,19)/b18-10+. The number of para-hydroxylation sites is 1. The molecule has 2 aromatic rings. The maximum Gasteiger partial charge on any atom is 0.311 e. The van der Waals surface area contributed by atoms with Crippen molar-refractivity contribution >= 4 is 29.9 Å². The quantitative estimate of drug-likeness (QED) is 0.483. The number of nitrogens with zero attached hydrogens (tertiary/aromatic N) is 3. The number of hydrogen-bond donors (Lipinski definition) is 2. The van der Waals surface area contributed by atoms with Crippen molar-refractivity contribution in [1.29, 1.82) is 0 Å². The molecule has 116 valence electrons. The summed E-state index contributed by atoms with van der Waals surface area (Å²) < 4.78 is 0. The van der Waals surface area contributed by atoms with Crippen molar-refractivity contribution in [3.63, 3.8) is 0 Å². The third-order valence-electron chi connectivity index (χ3n) is 3.06. The minimum absolute atomic E-state index is 0.215. The second-order valence-electron chi connectivity index (χ2n) is 4.41. The summed E-state index contributed by atoms with van der Waals surface area (Å²) in [5, 5.41) is 24.6. The molecule has 0 aliphatic carbocycles. The third kappa shape index (κ3) is 3.41. The Bertz CT molecular complexity index is 800. The molecule has 2 rings (SSSR count). The smallest absolute Gasteiger partial charge is 0.311 e. The second-order valence-corrected chi connectivity index (χ2v) is 4.41. The zero-order valence-corrected chi connectivity index (χ0v) is 12.1. The van der Waals surface area contributed by atoms with Crippen molar-refractivity contribution in [3.05, 3.63) is 70.4 Å². The van der Waals surface area contributed by atoms with E-state index in [1.165, 1.54) is 24.4 Å². The van der Waals surface area contributed by atoms with Crippen LogP contribution in [0.5, 0.6) is 5.75 Å². The van der Waals surface area contributed by atoms with Crippen molar-refractivity contribution in [3.8, 4) is 5.75 Å². The van der Waals surface area contributed by atoms with Gasteiger partial charge in [-0.05, 0) is 17.7 Å². The normalized spacial score (nSPS) is 10.4. The lowest BCUT2D eigenvalue weighted by Crippen LogP contribution is -1.98. The topological polar surface area (TPSA) is 101 Å². The van der Waals surface area contributed by atoms with E-state index in [0.29, 0.717) is 5.82 Å². The summed E-state index contributed by atoms with van der Waals surface area (Å²) in [5.74, 6) is 0.0124. The molecule has 0 aliphatic rings. The van der Waals surface area contributed by atoms with Crippen LogP contribution in [0.2, 0.25) is 0 Å². The molecule has 0 saturated carbocycles. The van der Waals surface area contributed by atoms with Gasteiger partial charge in [0.25, 0.3) is 0 Å². The van der Waals surface area contributed by atoms with Gasteiger partial charge in [-0.1, -0.05) is 31.4 Å². The maximum atomic E-state index is 10.8. The highest BCUT2D eigenvalue weighted by molar-refractivity contribution is 5.86. The number of rotatable bonds is 6. The van der Waals surface area contributed by atoms with Crippen molar-refractivity contribution in [2.24, 2.45) is 5.10 Å². The molecule has 0 saturated heterocycles. The number of anilines is 1. The molecular weight excluding hydrogens is 296 g/mol. The van der Waals surface area contributed by atoms with Gasteiger partial charge in [-0.15, -0.1) is 0 Å². The van der Waals surface area contributed by atoms with Crippen LogP contribution in [0.3, 0.4) is 0 Å². The molecule has 0 spiro atoms. The summed E-state index contributed by atoms with van der Waals surface area (Å²) in [4.78, 5) is 14.3. The first-order valence-corrected chi connectivity index (χ1v) is 6.57. The van der Waals surface area contributed by atoms with Crippen LogP contribution >= 0.6 is 0 Å². The van der Waals surface area contributed by atoms with Crippen LogP contribution in [0.4, 0.5) is 11.5 Å². The summed E-state index contributed by atoms with van der Waals surface area (Å²) in [6.45, 7) is 7.42. The SMILES string of the molecule is C=Cc1ccnc(N/N=C/c2cccc([N+](=O)[O-])c2O)c1C=C. The molecule has 0 unspecified atom stereocenters. The van der Waals surface area contributed by atoms with Gasteiger partial charge < -0.3 is 5.11 Å². The van der Waals surface area contributed by atoms with Crippen LogP contribution in [-0.2, 0) is 0 Å². The Morgan fingerprint density at radius 3 is 2.70 bits per heavy atom. The van der Waals surface area contributed by atoms with Gasteiger partial charge >= 0.3 is 5.69 Å². The highest BCUT2D eigenvalue weighted by Crippen LogP contribution is 2.28. The number of nitrogens with one attached hydrogen (secondary N) is 1. The number of nitro benzene ring substituents is 1. The Morgan fingerprint density at radius 2 is 2.04 bits per heavy atom. The minimum Gasteiger partial charge on any atom is -0.502 e. The van der Waals surface area contributed by atoms with Gasteiger partial charge in [0.2, 0.25) is 5.75 Å². The fraction of sp³-hybridized carbons (Fsp3) is 0. The summed E-state index contributed by atoms with van der Waals surface area (Å²) >= 11 is 0. The fourth-order valence-corrected chi connectivity index (χ4v) is 1.93. The fourth-order valence-electron chi connectivity index (χ4n) is 1.93. The monoisotopic (exact) mass is 310 g/mol. The summed E-state index contributed by atoms with van der Waals surface area (Å²) in [5.41, 5.74) is 4.12. The van der Waals surface area contributed by atoms with E-state index in [0.717, 1.165) is 11.1 Å². The van der Waals surface area contributed by atoms with E-state index in [4.69, 9.17) is 0 Å². The van der Waals surface area contributed by atoms with E-state index < -0.39 is 10.7 Å². The van der Waals surface area contributed by atoms with E-state index in [9.17, 15) is 15.2 Å². The molecular formula is C16H14N4O3.